The molecule has 0 heterocycles. The summed E-state index contributed by atoms with van der Waals surface area (Å²) in [6, 6.07) is 17.3. The fourth-order valence-corrected chi connectivity index (χ4v) is 2.78. The van der Waals surface area contributed by atoms with Crippen LogP contribution in [-0.4, -0.2) is 24.0 Å². The Hall–Kier alpha value is -2.82. The Morgan fingerprint density at radius 1 is 0.964 bits per heavy atom. The molecule has 0 aliphatic heterocycles. The van der Waals surface area contributed by atoms with Crippen molar-refractivity contribution in [3.8, 4) is 0 Å². The summed E-state index contributed by atoms with van der Waals surface area (Å²) in [5, 5.41) is 5.93. The number of carbonyl (C=O) groups excluding carboxylic acids is 2. The molecule has 0 saturated carbocycles. The highest BCUT2D eigenvalue weighted by molar-refractivity contribution is 5.92. The lowest BCUT2D eigenvalue weighted by Crippen LogP contribution is -2.48. The number of carbonyl (C=O) groups is 2. The summed E-state index contributed by atoms with van der Waals surface area (Å²) in [4.78, 5) is 26.8. The van der Waals surface area contributed by atoms with Crippen LogP contribution >= 0.6 is 0 Å². The van der Waals surface area contributed by atoms with Crippen molar-refractivity contribution < 1.29 is 9.59 Å². The van der Waals surface area contributed by atoms with Crippen LogP contribution in [0.2, 0.25) is 0 Å². The maximum absolute atomic E-state index is 13.0. The molecule has 150 valence electrons. The Morgan fingerprint density at radius 3 is 2.29 bits per heavy atom. The van der Waals surface area contributed by atoms with Gasteiger partial charge in [-0.25, -0.2) is 4.79 Å². The summed E-state index contributed by atoms with van der Waals surface area (Å²) in [5.41, 5.74) is 2.35. The molecule has 0 saturated heterocycles. The molecule has 0 atom stereocenters. The van der Waals surface area contributed by atoms with E-state index in [2.05, 4.69) is 10.6 Å². The van der Waals surface area contributed by atoms with E-state index in [1.165, 1.54) is 0 Å². The van der Waals surface area contributed by atoms with Gasteiger partial charge in [-0.05, 0) is 50.5 Å². The standard InChI is InChI=1S/C23H31N3O2/c1-5-14-24-21(27)16-19-12-9-13-20(15-19)26(22(28)25-23(2,3)4)17-18-10-7-6-8-11-18/h6-13,15H,5,14,16-17H2,1-4H3,(H,24,27)(H,25,28). The van der Waals surface area contributed by atoms with Gasteiger partial charge in [-0.3, -0.25) is 9.69 Å². The predicted molar refractivity (Wildman–Crippen MR) is 114 cm³/mol. The van der Waals surface area contributed by atoms with Crippen molar-refractivity contribution in [3.05, 3.63) is 65.7 Å². The van der Waals surface area contributed by atoms with Gasteiger partial charge >= 0.3 is 6.03 Å². The Morgan fingerprint density at radius 2 is 1.64 bits per heavy atom. The number of anilines is 1. The molecule has 0 bridgehead atoms. The summed E-state index contributed by atoms with van der Waals surface area (Å²) in [6.07, 6.45) is 1.21. The lowest BCUT2D eigenvalue weighted by atomic mass is 10.1. The first-order valence-corrected chi connectivity index (χ1v) is 9.78. The van der Waals surface area contributed by atoms with E-state index >= 15 is 0 Å². The van der Waals surface area contributed by atoms with Gasteiger partial charge in [0.15, 0.2) is 0 Å². The Kier molecular flexibility index (Phi) is 7.61. The molecule has 2 rings (SSSR count). The molecule has 5 heteroatoms. The minimum atomic E-state index is -0.344. The predicted octanol–water partition coefficient (Wildman–Crippen LogP) is 4.27. The molecular formula is C23H31N3O2. The van der Waals surface area contributed by atoms with Crippen LogP contribution in [0.1, 0.15) is 45.2 Å². The first-order valence-electron chi connectivity index (χ1n) is 9.78. The second-order valence-corrected chi connectivity index (χ2v) is 7.95. The van der Waals surface area contributed by atoms with Gasteiger partial charge in [0.25, 0.3) is 0 Å². The van der Waals surface area contributed by atoms with Crippen LogP contribution in [0.15, 0.2) is 54.6 Å². The van der Waals surface area contributed by atoms with Gasteiger partial charge in [0.2, 0.25) is 5.91 Å². The van der Waals surface area contributed by atoms with Crippen LogP contribution < -0.4 is 15.5 Å². The highest BCUT2D eigenvalue weighted by Gasteiger charge is 2.21. The highest BCUT2D eigenvalue weighted by atomic mass is 16.2. The lowest BCUT2D eigenvalue weighted by Gasteiger charge is -2.29. The average Bonchev–Trinajstić information content (AvgIpc) is 2.64. The number of benzene rings is 2. The number of urea groups is 1. The minimum Gasteiger partial charge on any atom is -0.356 e. The molecule has 2 N–H and O–H groups in total. The zero-order valence-corrected chi connectivity index (χ0v) is 17.3. The van der Waals surface area contributed by atoms with Gasteiger partial charge < -0.3 is 10.6 Å². The van der Waals surface area contributed by atoms with E-state index in [-0.39, 0.29) is 17.5 Å². The van der Waals surface area contributed by atoms with Gasteiger partial charge in [0, 0.05) is 17.8 Å². The molecule has 2 aromatic carbocycles. The van der Waals surface area contributed by atoms with Gasteiger partial charge in [0.1, 0.15) is 0 Å². The van der Waals surface area contributed by atoms with Gasteiger partial charge in [-0.15, -0.1) is 0 Å². The van der Waals surface area contributed by atoms with Crippen LogP contribution in [0.5, 0.6) is 0 Å². The second-order valence-electron chi connectivity index (χ2n) is 7.95. The number of amides is 3. The molecular weight excluding hydrogens is 350 g/mol. The van der Waals surface area contributed by atoms with Crippen LogP contribution in [0, 0.1) is 0 Å². The van der Waals surface area contributed by atoms with E-state index in [0.717, 1.165) is 23.2 Å². The van der Waals surface area contributed by atoms with Gasteiger partial charge in [-0.1, -0.05) is 49.4 Å². The van der Waals surface area contributed by atoms with E-state index in [0.29, 0.717) is 19.5 Å². The third-order valence-electron chi connectivity index (χ3n) is 4.07. The maximum Gasteiger partial charge on any atom is 0.322 e. The van der Waals surface area contributed by atoms with Crippen molar-refractivity contribution in [1.29, 1.82) is 0 Å². The number of nitrogens with one attached hydrogen (secondary N) is 2. The topological polar surface area (TPSA) is 61.4 Å². The van der Waals surface area contributed by atoms with Crippen molar-refractivity contribution in [2.45, 2.75) is 52.6 Å². The van der Waals surface area contributed by atoms with E-state index in [1.807, 2.05) is 82.3 Å². The van der Waals surface area contributed by atoms with E-state index < -0.39 is 0 Å². The molecule has 0 spiro atoms. The van der Waals surface area contributed by atoms with Crippen molar-refractivity contribution in [2.75, 3.05) is 11.4 Å². The van der Waals surface area contributed by atoms with Crippen molar-refractivity contribution in [2.24, 2.45) is 0 Å². The third-order valence-corrected chi connectivity index (χ3v) is 4.07. The number of nitrogens with zero attached hydrogens (tertiary/aromatic N) is 1. The Labute approximate surface area is 168 Å². The molecule has 2 aromatic rings. The van der Waals surface area contributed by atoms with E-state index in [1.54, 1.807) is 4.90 Å². The van der Waals surface area contributed by atoms with Crippen molar-refractivity contribution >= 4 is 17.6 Å². The quantitative estimate of drug-likeness (QED) is 0.752. The molecule has 0 fully saturated rings. The lowest BCUT2D eigenvalue weighted by molar-refractivity contribution is -0.120. The molecule has 28 heavy (non-hydrogen) atoms. The fourth-order valence-electron chi connectivity index (χ4n) is 2.78. The smallest absolute Gasteiger partial charge is 0.322 e. The summed E-state index contributed by atoms with van der Waals surface area (Å²) in [5.74, 6) is -0.00671. The fraction of sp³-hybridized carbons (Fsp3) is 0.391. The molecule has 3 amide bonds. The van der Waals surface area contributed by atoms with Crippen molar-refractivity contribution in [3.63, 3.8) is 0 Å². The van der Waals surface area contributed by atoms with Gasteiger partial charge in [0.05, 0.1) is 13.0 Å². The minimum absolute atomic E-state index is 0.00671. The molecule has 0 aliphatic carbocycles. The number of rotatable bonds is 7. The summed E-state index contributed by atoms with van der Waals surface area (Å²) in [7, 11) is 0. The molecule has 0 unspecified atom stereocenters. The van der Waals surface area contributed by atoms with Crippen LogP contribution in [0.4, 0.5) is 10.5 Å². The maximum atomic E-state index is 13.0. The zero-order valence-electron chi connectivity index (χ0n) is 17.3. The van der Waals surface area contributed by atoms with Crippen LogP contribution in [-0.2, 0) is 17.8 Å². The summed E-state index contributed by atoms with van der Waals surface area (Å²) >= 11 is 0. The number of hydrogen-bond acceptors (Lipinski definition) is 2. The molecule has 0 aromatic heterocycles. The van der Waals surface area contributed by atoms with Crippen molar-refractivity contribution in [1.82, 2.24) is 10.6 Å². The van der Waals surface area contributed by atoms with E-state index in [4.69, 9.17) is 0 Å². The van der Waals surface area contributed by atoms with Crippen LogP contribution in [0.3, 0.4) is 0 Å². The van der Waals surface area contributed by atoms with E-state index in [9.17, 15) is 9.59 Å². The Balaban J connectivity index is 2.25. The number of hydrogen-bond donors (Lipinski definition) is 2. The normalized spacial score (nSPS) is 11.0. The summed E-state index contributed by atoms with van der Waals surface area (Å²) < 4.78 is 0. The SMILES string of the molecule is CCCNC(=O)Cc1cccc(N(Cc2ccccc2)C(=O)NC(C)(C)C)c1. The van der Waals surface area contributed by atoms with Gasteiger partial charge in [-0.2, -0.15) is 0 Å². The first-order chi connectivity index (χ1) is 13.3. The highest BCUT2D eigenvalue weighted by Crippen LogP contribution is 2.20. The Bertz CT molecular complexity index is 782. The monoisotopic (exact) mass is 381 g/mol. The average molecular weight is 382 g/mol. The second kappa shape index (κ2) is 9.93. The largest absolute Gasteiger partial charge is 0.356 e. The zero-order chi connectivity index (χ0) is 20.6. The summed E-state index contributed by atoms with van der Waals surface area (Å²) in [6.45, 7) is 9.03. The molecule has 5 nitrogen and oxygen atoms in total. The third kappa shape index (κ3) is 7.06. The molecule has 0 aliphatic rings. The first kappa shape index (κ1) is 21.5. The van der Waals surface area contributed by atoms with Crippen LogP contribution in [0.25, 0.3) is 0 Å². The molecule has 0 radical (unpaired) electrons.